The number of carboxylic acids is 1. The number of carbonyl (C=O) groups is 2. The highest BCUT2D eigenvalue weighted by molar-refractivity contribution is 5.78. The van der Waals surface area contributed by atoms with E-state index in [1.807, 2.05) is 0 Å². The molecule has 0 spiro atoms. The van der Waals surface area contributed by atoms with Crippen molar-refractivity contribution < 1.29 is 19.4 Å². The zero-order valence-corrected chi connectivity index (χ0v) is 10.3. The molecule has 2 unspecified atom stereocenters. The second-order valence-corrected chi connectivity index (χ2v) is 4.47. The van der Waals surface area contributed by atoms with Crippen LogP contribution in [0.3, 0.4) is 0 Å². The summed E-state index contributed by atoms with van der Waals surface area (Å²) in [6.45, 7) is 2.61. The molecule has 0 aliphatic carbocycles. The SMILES string of the molecule is CCCCCCC(=O)NC1COCC1C(=O)O. The van der Waals surface area contributed by atoms with Gasteiger partial charge in [0.05, 0.1) is 19.3 Å². The molecule has 1 fully saturated rings. The van der Waals surface area contributed by atoms with E-state index in [9.17, 15) is 9.59 Å². The normalized spacial score (nSPS) is 23.6. The number of carboxylic acid groups (broad SMARTS) is 1. The summed E-state index contributed by atoms with van der Waals surface area (Å²) in [6, 6.07) is -0.369. The summed E-state index contributed by atoms with van der Waals surface area (Å²) in [4.78, 5) is 22.4. The minimum absolute atomic E-state index is 0.0668. The van der Waals surface area contributed by atoms with E-state index >= 15 is 0 Å². The minimum Gasteiger partial charge on any atom is -0.481 e. The lowest BCUT2D eigenvalue weighted by Gasteiger charge is -2.15. The Bertz CT molecular complexity index is 267. The minimum atomic E-state index is -0.904. The van der Waals surface area contributed by atoms with Crippen LogP contribution >= 0.6 is 0 Å². The van der Waals surface area contributed by atoms with Crippen LogP contribution in [0.15, 0.2) is 0 Å². The molecule has 2 atom stereocenters. The molecule has 5 nitrogen and oxygen atoms in total. The highest BCUT2D eigenvalue weighted by Gasteiger charge is 2.34. The van der Waals surface area contributed by atoms with Crippen molar-refractivity contribution in [2.75, 3.05) is 13.2 Å². The first-order valence-corrected chi connectivity index (χ1v) is 6.25. The van der Waals surface area contributed by atoms with Gasteiger partial charge in [-0.3, -0.25) is 9.59 Å². The summed E-state index contributed by atoms with van der Waals surface area (Å²) in [5.41, 5.74) is 0. The summed E-state index contributed by atoms with van der Waals surface area (Å²) >= 11 is 0. The van der Waals surface area contributed by atoms with Gasteiger partial charge in [0, 0.05) is 6.42 Å². The van der Waals surface area contributed by atoms with E-state index in [0.29, 0.717) is 13.0 Å². The van der Waals surface area contributed by atoms with Crippen molar-refractivity contribution in [1.29, 1.82) is 0 Å². The maximum atomic E-state index is 11.6. The number of rotatable bonds is 7. The molecule has 1 aliphatic rings. The van der Waals surface area contributed by atoms with E-state index in [1.54, 1.807) is 0 Å². The van der Waals surface area contributed by atoms with Gasteiger partial charge in [0.15, 0.2) is 0 Å². The molecule has 1 aliphatic heterocycles. The standard InChI is InChI=1S/C12H21NO4/c1-2-3-4-5-6-11(14)13-10-8-17-7-9(10)12(15)16/h9-10H,2-8H2,1H3,(H,13,14)(H,15,16). The zero-order valence-electron chi connectivity index (χ0n) is 10.3. The third-order valence-corrected chi connectivity index (χ3v) is 3.00. The molecular weight excluding hydrogens is 222 g/mol. The van der Waals surface area contributed by atoms with Crippen LogP contribution in [-0.4, -0.2) is 36.2 Å². The van der Waals surface area contributed by atoms with Gasteiger partial charge < -0.3 is 15.2 Å². The molecule has 1 rings (SSSR count). The fourth-order valence-electron chi connectivity index (χ4n) is 1.93. The van der Waals surface area contributed by atoms with Crippen LogP contribution in [0.1, 0.15) is 39.0 Å². The molecule has 5 heteroatoms. The molecule has 1 saturated heterocycles. The fourth-order valence-corrected chi connectivity index (χ4v) is 1.93. The first-order valence-electron chi connectivity index (χ1n) is 6.25. The lowest BCUT2D eigenvalue weighted by atomic mass is 10.0. The lowest BCUT2D eigenvalue weighted by molar-refractivity contribution is -0.142. The Labute approximate surface area is 102 Å². The maximum Gasteiger partial charge on any atom is 0.311 e. The van der Waals surface area contributed by atoms with Crippen LogP contribution in [0.2, 0.25) is 0 Å². The number of hydrogen-bond donors (Lipinski definition) is 2. The Morgan fingerprint density at radius 1 is 1.29 bits per heavy atom. The number of aliphatic carboxylic acids is 1. The second kappa shape index (κ2) is 7.27. The van der Waals surface area contributed by atoms with Crippen LogP contribution in [0, 0.1) is 5.92 Å². The van der Waals surface area contributed by atoms with Crippen molar-refractivity contribution in [3.8, 4) is 0 Å². The quantitative estimate of drug-likeness (QED) is 0.658. The Kier molecular flexibility index (Phi) is 5.97. The average Bonchev–Trinajstić information content (AvgIpc) is 2.72. The van der Waals surface area contributed by atoms with Gasteiger partial charge in [-0.1, -0.05) is 26.2 Å². The summed E-state index contributed by atoms with van der Waals surface area (Å²) < 4.78 is 5.08. The number of unbranched alkanes of at least 4 members (excludes halogenated alkanes) is 3. The Balaban J connectivity index is 2.23. The van der Waals surface area contributed by atoms with Crippen molar-refractivity contribution >= 4 is 11.9 Å². The Hall–Kier alpha value is -1.10. The van der Waals surface area contributed by atoms with Crippen LogP contribution in [0.5, 0.6) is 0 Å². The third kappa shape index (κ3) is 4.73. The van der Waals surface area contributed by atoms with Gasteiger partial charge in [-0.2, -0.15) is 0 Å². The van der Waals surface area contributed by atoms with Crippen molar-refractivity contribution in [1.82, 2.24) is 5.32 Å². The van der Waals surface area contributed by atoms with Gasteiger partial charge in [0.25, 0.3) is 0 Å². The summed E-state index contributed by atoms with van der Waals surface area (Å²) in [5, 5.41) is 11.7. The molecule has 2 N–H and O–H groups in total. The Morgan fingerprint density at radius 3 is 2.71 bits per heavy atom. The van der Waals surface area contributed by atoms with Crippen LogP contribution in [-0.2, 0) is 14.3 Å². The molecule has 0 aromatic rings. The molecule has 1 amide bonds. The first-order chi connectivity index (χ1) is 8.15. The van der Waals surface area contributed by atoms with E-state index in [0.717, 1.165) is 25.7 Å². The highest BCUT2D eigenvalue weighted by atomic mass is 16.5. The van der Waals surface area contributed by atoms with Crippen LogP contribution < -0.4 is 5.32 Å². The summed E-state index contributed by atoms with van der Waals surface area (Å²) in [6.07, 6.45) is 4.66. The van der Waals surface area contributed by atoms with Gasteiger partial charge in [0.1, 0.15) is 5.92 Å². The first kappa shape index (κ1) is 14.0. The molecule has 0 aromatic heterocycles. The predicted molar refractivity (Wildman–Crippen MR) is 62.6 cm³/mol. The highest BCUT2D eigenvalue weighted by Crippen LogP contribution is 2.14. The van der Waals surface area contributed by atoms with Crippen molar-refractivity contribution in [2.45, 2.75) is 45.1 Å². The van der Waals surface area contributed by atoms with Gasteiger partial charge in [-0.25, -0.2) is 0 Å². The molecule has 0 aromatic carbocycles. The molecule has 98 valence electrons. The second-order valence-electron chi connectivity index (χ2n) is 4.47. The van der Waals surface area contributed by atoms with Crippen molar-refractivity contribution in [3.05, 3.63) is 0 Å². The van der Waals surface area contributed by atoms with Gasteiger partial charge in [-0.05, 0) is 6.42 Å². The topological polar surface area (TPSA) is 75.6 Å². The molecule has 1 heterocycles. The van der Waals surface area contributed by atoms with Crippen LogP contribution in [0.4, 0.5) is 0 Å². The monoisotopic (exact) mass is 243 g/mol. The van der Waals surface area contributed by atoms with E-state index in [2.05, 4.69) is 12.2 Å². The summed E-state index contributed by atoms with van der Waals surface area (Å²) in [7, 11) is 0. The predicted octanol–water partition coefficient (Wildman–Crippen LogP) is 1.17. The third-order valence-electron chi connectivity index (χ3n) is 3.00. The van der Waals surface area contributed by atoms with Crippen LogP contribution in [0.25, 0.3) is 0 Å². The van der Waals surface area contributed by atoms with E-state index < -0.39 is 11.9 Å². The number of hydrogen-bond acceptors (Lipinski definition) is 3. The smallest absolute Gasteiger partial charge is 0.311 e. The maximum absolute atomic E-state index is 11.6. The zero-order chi connectivity index (χ0) is 12.7. The van der Waals surface area contributed by atoms with E-state index in [1.165, 1.54) is 0 Å². The number of amides is 1. The Morgan fingerprint density at radius 2 is 2.06 bits per heavy atom. The fraction of sp³-hybridized carbons (Fsp3) is 0.833. The van der Waals surface area contributed by atoms with Gasteiger partial charge in [0.2, 0.25) is 5.91 Å². The molecule has 0 bridgehead atoms. The summed E-state index contributed by atoms with van der Waals surface area (Å²) in [5.74, 6) is -1.57. The number of carbonyl (C=O) groups excluding carboxylic acids is 1. The van der Waals surface area contributed by atoms with E-state index in [4.69, 9.17) is 9.84 Å². The molecule has 0 radical (unpaired) electrons. The van der Waals surface area contributed by atoms with Gasteiger partial charge >= 0.3 is 5.97 Å². The van der Waals surface area contributed by atoms with Gasteiger partial charge in [-0.15, -0.1) is 0 Å². The molecule has 17 heavy (non-hydrogen) atoms. The van der Waals surface area contributed by atoms with Crippen molar-refractivity contribution in [2.24, 2.45) is 5.92 Å². The number of ether oxygens (including phenoxy) is 1. The lowest BCUT2D eigenvalue weighted by Crippen LogP contribution is -2.42. The average molecular weight is 243 g/mol. The molecular formula is C12H21NO4. The van der Waals surface area contributed by atoms with Crippen molar-refractivity contribution in [3.63, 3.8) is 0 Å². The largest absolute Gasteiger partial charge is 0.481 e. The van der Waals surface area contributed by atoms with E-state index in [-0.39, 0.29) is 18.6 Å². The molecule has 0 saturated carbocycles. The number of nitrogens with one attached hydrogen (secondary N) is 1.